The summed E-state index contributed by atoms with van der Waals surface area (Å²) >= 11 is 6.08. The van der Waals surface area contributed by atoms with Crippen LogP contribution in [0.2, 0.25) is 5.02 Å². The molecule has 0 aliphatic heterocycles. The molecule has 3 aromatic carbocycles. The lowest BCUT2D eigenvalue weighted by Gasteiger charge is -2.42. The fourth-order valence-corrected chi connectivity index (χ4v) is 4.96. The van der Waals surface area contributed by atoms with Gasteiger partial charge in [-0.15, -0.1) is 0 Å². The SMILES string of the molecule is CC(NC(=O)C1(Cc2ccccc2)CCC1)C(Cc1ccc(Cl)cc1)c1cccc(C#N)c1. The summed E-state index contributed by atoms with van der Waals surface area (Å²) in [7, 11) is 0. The molecule has 1 fully saturated rings. The molecule has 3 aromatic rings. The molecule has 168 valence electrons. The van der Waals surface area contributed by atoms with Crippen LogP contribution in [0.3, 0.4) is 0 Å². The maximum Gasteiger partial charge on any atom is 0.226 e. The number of rotatable bonds is 8. The molecule has 0 saturated heterocycles. The number of carbonyl (C=O) groups is 1. The third kappa shape index (κ3) is 5.46. The van der Waals surface area contributed by atoms with Crippen LogP contribution in [0.15, 0.2) is 78.9 Å². The number of nitrogens with zero attached hydrogens (tertiary/aromatic N) is 1. The van der Waals surface area contributed by atoms with E-state index in [0.717, 1.165) is 43.2 Å². The predicted molar refractivity (Wildman–Crippen MR) is 133 cm³/mol. The van der Waals surface area contributed by atoms with Crippen LogP contribution in [-0.4, -0.2) is 11.9 Å². The molecular weight excluding hydrogens is 428 g/mol. The van der Waals surface area contributed by atoms with E-state index in [9.17, 15) is 10.1 Å². The van der Waals surface area contributed by atoms with E-state index in [1.807, 2.05) is 66.7 Å². The molecule has 1 saturated carbocycles. The molecule has 0 bridgehead atoms. The van der Waals surface area contributed by atoms with Crippen LogP contribution in [0.5, 0.6) is 0 Å². The van der Waals surface area contributed by atoms with Gasteiger partial charge in [-0.25, -0.2) is 0 Å². The van der Waals surface area contributed by atoms with E-state index in [0.29, 0.717) is 10.6 Å². The Hall–Kier alpha value is -3.09. The zero-order valence-corrected chi connectivity index (χ0v) is 19.7. The Labute approximate surface area is 201 Å². The van der Waals surface area contributed by atoms with Crippen LogP contribution in [0.25, 0.3) is 0 Å². The first kappa shape index (κ1) is 23.1. The van der Waals surface area contributed by atoms with Gasteiger partial charge in [-0.3, -0.25) is 4.79 Å². The topological polar surface area (TPSA) is 52.9 Å². The van der Waals surface area contributed by atoms with Crippen molar-refractivity contribution in [1.82, 2.24) is 5.32 Å². The maximum absolute atomic E-state index is 13.5. The second-order valence-corrected chi connectivity index (χ2v) is 9.67. The highest BCUT2D eigenvalue weighted by Gasteiger charge is 2.44. The molecule has 1 amide bonds. The minimum atomic E-state index is -0.324. The van der Waals surface area contributed by atoms with Gasteiger partial charge in [-0.05, 0) is 73.6 Å². The highest BCUT2D eigenvalue weighted by Crippen LogP contribution is 2.44. The molecule has 1 N–H and O–H groups in total. The minimum Gasteiger partial charge on any atom is -0.353 e. The normalized spacial score (nSPS) is 16.2. The van der Waals surface area contributed by atoms with Crippen molar-refractivity contribution in [1.29, 1.82) is 5.26 Å². The molecular formula is C29H29ClN2O. The fraction of sp³-hybridized carbons (Fsp3) is 0.310. The summed E-state index contributed by atoms with van der Waals surface area (Å²) in [5.41, 5.74) is 3.72. The Morgan fingerprint density at radius 3 is 2.39 bits per heavy atom. The molecule has 1 aliphatic carbocycles. The minimum absolute atomic E-state index is 0.0391. The summed E-state index contributed by atoms with van der Waals surface area (Å²) in [4.78, 5) is 13.5. The first-order chi connectivity index (χ1) is 16.0. The zero-order chi connectivity index (χ0) is 23.3. The third-order valence-corrected chi connectivity index (χ3v) is 7.20. The number of nitrogens with one attached hydrogen (secondary N) is 1. The number of amides is 1. The summed E-state index contributed by atoms with van der Waals surface area (Å²) in [6.45, 7) is 2.08. The van der Waals surface area contributed by atoms with Gasteiger partial charge in [-0.1, -0.05) is 72.6 Å². The number of halogens is 1. The molecule has 0 heterocycles. The summed E-state index contributed by atoms with van der Waals surface area (Å²) < 4.78 is 0. The van der Waals surface area contributed by atoms with E-state index in [1.165, 1.54) is 5.56 Å². The van der Waals surface area contributed by atoms with Crippen molar-refractivity contribution < 1.29 is 4.79 Å². The number of nitriles is 1. The lowest BCUT2D eigenvalue weighted by Crippen LogP contribution is -2.51. The summed E-state index contributed by atoms with van der Waals surface area (Å²) in [6, 6.07) is 28.0. The largest absolute Gasteiger partial charge is 0.353 e. The second kappa shape index (κ2) is 10.2. The zero-order valence-electron chi connectivity index (χ0n) is 18.9. The second-order valence-electron chi connectivity index (χ2n) is 9.23. The highest BCUT2D eigenvalue weighted by molar-refractivity contribution is 6.30. The van der Waals surface area contributed by atoms with Crippen molar-refractivity contribution in [2.75, 3.05) is 0 Å². The molecule has 4 heteroatoms. The van der Waals surface area contributed by atoms with Crippen molar-refractivity contribution >= 4 is 17.5 Å². The average Bonchev–Trinajstić information content (AvgIpc) is 2.81. The summed E-state index contributed by atoms with van der Waals surface area (Å²) in [5.74, 6) is 0.180. The predicted octanol–water partition coefficient (Wildman–Crippen LogP) is 6.46. The Morgan fingerprint density at radius 2 is 1.76 bits per heavy atom. The first-order valence-electron chi connectivity index (χ1n) is 11.6. The quantitative estimate of drug-likeness (QED) is 0.423. The van der Waals surface area contributed by atoms with Crippen LogP contribution in [0.4, 0.5) is 0 Å². The van der Waals surface area contributed by atoms with Gasteiger partial charge in [0.2, 0.25) is 5.91 Å². The number of hydrogen-bond donors (Lipinski definition) is 1. The van der Waals surface area contributed by atoms with Crippen LogP contribution < -0.4 is 5.32 Å². The van der Waals surface area contributed by atoms with E-state index in [2.05, 4.69) is 30.4 Å². The Bertz CT molecular complexity index is 1130. The highest BCUT2D eigenvalue weighted by atomic mass is 35.5. The van der Waals surface area contributed by atoms with Gasteiger partial charge in [0, 0.05) is 17.0 Å². The maximum atomic E-state index is 13.5. The Kier molecular flexibility index (Phi) is 7.16. The molecule has 0 aromatic heterocycles. The van der Waals surface area contributed by atoms with E-state index in [-0.39, 0.29) is 23.3 Å². The number of carbonyl (C=O) groups excluding carboxylic acids is 1. The van der Waals surface area contributed by atoms with Crippen LogP contribution in [-0.2, 0) is 17.6 Å². The first-order valence-corrected chi connectivity index (χ1v) is 12.0. The molecule has 3 nitrogen and oxygen atoms in total. The Morgan fingerprint density at radius 1 is 1.03 bits per heavy atom. The number of benzene rings is 3. The lowest BCUT2D eigenvalue weighted by molar-refractivity contribution is -0.136. The molecule has 4 rings (SSSR count). The van der Waals surface area contributed by atoms with Crippen LogP contribution in [0.1, 0.15) is 54.4 Å². The molecule has 1 aliphatic rings. The van der Waals surface area contributed by atoms with Gasteiger partial charge >= 0.3 is 0 Å². The average molecular weight is 457 g/mol. The van der Waals surface area contributed by atoms with Gasteiger partial charge < -0.3 is 5.32 Å². The monoisotopic (exact) mass is 456 g/mol. The molecule has 2 unspecified atom stereocenters. The van der Waals surface area contributed by atoms with Crippen molar-refractivity contribution in [3.8, 4) is 6.07 Å². The van der Waals surface area contributed by atoms with E-state index >= 15 is 0 Å². The van der Waals surface area contributed by atoms with Crippen LogP contribution >= 0.6 is 11.6 Å². The van der Waals surface area contributed by atoms with E-state index < -0.39 is 0 Å². The van der Waals surface area contributed by atoms with E-state index in [1.54, 1.807) is 0 Å². The summed E-state index contributed by atoms with van der Waals surface area (Å²) in [6.07, 6.45) is 4.46. The lowest BCUT2D eigenvalue weighted by atomic mass is 9.64. The molecule has 33 heavy (non-hydrogen) atoms. The van der Waals surface area contributed by atoms with Gasteiger partial charge in [-0.2, -0.15) is 5.26 Å². The smallest absolute Gasteiger partial charge is 0.226 e. The summed E-state index contributed by atoms with van der Waals surface area (Å²) in [5, 5.41) is 13.5. The van der Waals surface area contributed by atoms with E-state index in [4.69, 9.17) is 11.6 Å². The molecule has 0 radical (unpaired) electrons. The van der Waals surface area contributed by atoms with Crippen LogP contribution in [0, 0.1) is 16.7 Å². The van der Waals surface area contributed by atoms with Gasteiger partial charge in [0.25, 0.3) is 0 Å². The fourth-order valence-electron chi connectivity index (χ4n) is 4.83. The van der Waals surface area contributed by atoms with Gasteiger partial charge in [0.05, 0.1) is 17.0 Å². The third-order valence-electron chi connectivity index (χ3n) is 6.95. The molecule has 0 spiro atoms. The standard InChI is InChI=1S/C29H29ClN2O/c1-21(32-28(33)29(15-6-16-29)19-23-7-3-2-4-8-23)27(18-22-11-13-26(30)14-12-22)25-10-5-9-24(17-25)20-31/h2-5,7-14,17,21,27H,6,15-16,18-19H2,1H3,(H,32,33). The van der Waals surface area contributed by atoms with Crippen molar-refractivity contribution in [3.63, 3.8) is 0 Å². The Balaban J connectivity index is 1.56. The van der Waals surface area contributed by atoms with Gasteiger partial charge in [0.15, 0.2) is 0 Å². The molecule has 2 atom stereocenters. The number of hydrogen-bond acceptors (Lipinski definition) is 2. The van der Waals surface area contributed by atoms with Crippen molar-refractivity contribution in [3.05, 3.63) is 106 Å². The van der Waals surface area contributed by atoms with Gasteiger partial charge in [0.1, 0.15) is 0 Å². The van der Waals surface area contributed by atoms with Crippen molar-refractivity contribution in [2.45, 2.75) is 51.0 Å². The van der Waals surface area contributed by atoms with Crippen molar-refractivity contribution in [2.24, 2.45) is 5.41 Å².